The van der Waals surface area contributed by atoms with Crippen molar-refractivity contribution < 1.29 is 9.18 Å². The third-order valence-corrected chi connectivity index (χ3v) is 7.20. The second kappa shape index (κ2) is 10.8. The zero-order chi connectivity index (χ0) is 26.8. The van der Waals surface area contributed by atoms with Gasteiger partial charge in [-0.1, -0.05) is 6.07 Å². The molecule has 0 unspecified atom stereocenters. The van der Waals surface area contributed by atoms with Crippen LogP contribution in [0.1, 0.15) is 43.1 Å². The summed E-state index contributed by atoms with van der Waals surface area (Å²) in [5.41, 5.74) is 2.99. The van der Waals surface area contributed by atoms with Gasteiger partial charge < -0.3 is 25.3 Å². The van der Waals surface area contributed by atoms with E-state index < -0.39 is 6.17 Å². The zero-order valence-corrected chi connectivity index (χ0v) is 22.4. The molecule has 2 fully saturated rings. The number of aryl methyl sites for hydroxylation is 2. The highest BCUT2D eigenvalue weighted by Crippen LogP contribution is 2.24. The summed E-state index contributed by atoms with van der Waals surface area (Å²) in [6.07, 6.45) is 1.53. The smallest absolute Gasteiger partial charge is 0.318 e. The first kappa shape index (κ1) is 25.7. The minimum atomic E-state index is -0.788. The highest BCUT2D eigenvalue weighted by Gasteiger charge is 2.29. The second-order valence-electron chi connectivity index (χ2n) is 10.4. The number of alkyl halides is 1. The fourth-order valence-corrected chi connectivity index (χ4v) is 5.07. The lowest BCUT2D eigenvalue weighted by Crippen LogP contribution is -2.57. The number of carbonyl (C=O) groups excluding carboxylic acids is 1. The predicted octanol–water partition coefficient (Wildman–Crippen LogP) is 4.09. The number of anilines is 4. The first-order chi connectivity index (χ1) is 18.2. The van der Waals surface area contributed by atoms with Crippen molar-refractivity contribution in [2.24, 2.45) is 0 Å². The lowest BCUT2D eigenvalue weighted by atomic mass is 10.1. The molecule has 3 aromatic heterocycles. The largest absolute Gasteiger partial charge is 0.354 e. The molecule has 202 valence electrons. The van der Waals surface area contributed by atoms with Crippen molar-refractivity contribution in [3.8, 4) is 0 Å². The Balaban J connectivity index is 1.17. The SMILES string of the molecule is Cc1cc(Nc2cc(C)[nH]n2)nc(N2CCN(C(=O)N[C@@H](C)c3ccc(N4CC[C@H](F)C4)nc3)[C@@H](C)C2)c1. The Morgan fingerprint density at radius 3 is 2.55 bits per heavy atom. The van der Waals surface area contributed by atoms with Gasteiger partial charge in [-0.05, 0) is 63.4 Å². The molecule has 3 aromatic rings. The number of hydrogen-bond donors (Lipinski definition) is 3. The van der Waals surface area contributed by atoms with Crippen LogP contribution in [0.15, 0.2) is 36.5 Å². The number of nitrogens with zero attached hydrogens (tertiary/aromatic N) is 6. The third-order valence-electron chi connectivity index (χ3n) is 7.20. The van der Waals surface area contributed by atoms with Gasteiger partial charge in [0.25, 0.3) is 0 Å². The molecule has 0 spiro atoms. The lowest BCUT2D eigenvalue weighted by Gasteiger charge is -2.40. The van der Waals surface area contributed by atoms with Crippen molar-refractivity contribution in [1.29, 1.82) is 0 Å². The van der Waals surface area contributed by atoms with Crippen molar-refractivity contribution in [2.45, 2.75) is 52.4 Å². The Hall–Kier alpha value is -3.89. The molecule has 2 saturated heterocycles. The maximum absolute atomic E-state index is 13.5. The fraction of sp³-hybridized carbons (Fsp3) is 0.481. The molecule has 0 aliphatic carbocycles. The van der Waals surface area contributed by atoms with E-state index in [4.69, 9.17) is 4.98 Å². The van der Waals surface area contributed by atoms with E-state index in [1.165, 1.54) is 0 Å². The number of urea groups is 1. The number of pyridine rings is 2. The van der Waals surface area contributed by atoms with Gasteiger partial charge in [0.15, 0.2) is 5.82 Å². The normalized spacial score (nSPS) is 20.5. The van der Waals surface area contributed by atoms with Crippen LogP contribution in [0.3, 0.4) is 0 Å². The minimum Gasteiger partial charge on any atom is -0.354 e. The molecule has 3 N–H and O–H groups in total. The number of rotatable bonds is 6. The molecule has 2 aliphatic heterocycles. The molecular formula is C27H36FN9O. The van der Waals surface area contributed by atoms with E-state index in [-0.39, 0.29) is 18.1 Å². The average Bonchev–Trinajstić information content (AvgIpc) is 3.51. The molecule has 11 heteroatoms. The topological polar surface area (TPSA) is 105 Å². The van der Waals surface area contributed by atoms with Crippen LogP contribution in [0.2, 0.25) is 0 Å². The molecule has 3 atom stereocenters. The second-order valence-corrected chi connectivity index (χ2v) is 10.4. The van der Waals surface area contributed by atoms with Gasteiger partial charge in [0.05, 0.1) is 12.6 Å². The van der Waals surface area contributed by atoms with Gasteiger partial charge in [0.2, 0.25) is 0 Å². The number of aromatic nitrogens is 4. The summed E-state index contributed by atoms with van der Waals surface area (Å²) < 4.78 is 13.5. The Bertz CT molecular complexity index is 1260. The summed E-state index contributed by atoms with van der Waals surface area (Å²) in [6.45, 7) is 11.0. The number of hydrogen-bond acceptors (Lipinski definition) is 7. The van der Waals surface area contributed by atoms with Crippen LogP contribution in [-0.4, -0.2) is 76.0 Å². The molecule has 5 rings (SSSR count). The predicted molar refractivity (Wildman–Crippen MR) is 147 cm³/mol. The molecule has 0 bridgehead atoms. The Kier molecular flexibility index (Phi) is 7.35. The first-order valence-electron chi connectivity index (χ1n) is 13.2. The van der Waals surface area contributed by atoms with Crippen molar-refractivity contribution in [3.63, 3.8) is 0 Å². The highest BCUT2D eigenvalue weighted by atomic mass is 19.1. The molecule has 0 aromatic carbocycles. The molecule has 38 heavy (non-hydrogen) atoms. The van der Waals surface area contributed by atoms with Crippen molar-refractivity contribution >= 4 is 29.3 Å². The molecule has 2 amide bonds. The quantitative estimate of drug-likeness (QED) is 0.449. The standard InChI is InChI=1S/C27H36FN9O/c1-17-11-23(31-24-13-18(2)33-34-24)32-26(12-17)36-9-10-37(19(3)15-36)27(38)30-20(4)21-5-6-25(29-14-21)35-8-7-22(28)16-35/h5-6,11-14,19-20,22H,7-10,15-16H2,1-4H3,(H,30,38)(H2,31,32,33,34)/t19-,20-,22-/m0/s1. The summed E-state index contributed by atoms with van der Waals surface area (Å²) >= 11 is 0. The van der Waals surface area contributed by atoms with Crippen LogP contribution < -0.4 is 20.4 Å². The number of amides is 2. The maximum Gasteiger partial charge on any atom is 0.318 e. The van der Waals surface area contributed by atoms with E-state index in [0.717, 1.165) is 40.1 Å². The monoisotopic (exact) mass is 521 g/mol. The first-order valence-corrected chi connectivity index (χ1v) is 13.2. The maximum atomic E-state index is 13.5. The van der Waals surface area contributed by atoms with Crippen LogP contribution in [0.25, 0.3) is 0 Å². The number of piperazine rings is 1. The van der Waals surface area contributed by atoms with Crippen LogP contribution >= 0.6 is 0 Å². The van der Waals surface area contributed by atoms with Crippen molar-refractivity contribution in [3.05, 3.63) is 53.3 Å². The van der Waals surface area contributed by atoms with E-state index in [9.17, 15) is 9.18 Å². The van der Waals surface area contributed by atoms with E-state index in [2.05, 4.69) is 43.7 Å². The van der Waals surface area contributed by atoms with Gasteiger partial charge in [-0.25, -0.2) is 19.2 Å². The molecule has 0 radical (unpaired) electrons. The van der Waals surface area contributed by atoms with Gasteiger partial charge in [0, 0.05) is 50.2 Å². The minimum absolute atomic E-state index is 0.00738. The fourth-order valence-electron chi connectivity index (χ4n) is 5.07. The summed E-state index contributed by atoms with van der Waals surface area (Å²) in [4.78, 5) is 28.5. The molecule has 5 heterocycles. The molecular weight excluding hydrogens is 485 g/mol. The number of aromatic amines is 1. The van der Waals surface area contributed by atoms with E-state index in [1.54, 1.807) is 6.20 Å². The molecule has 10 nitrogen and oxygen atoms in total. The van der Waals surface area contributed by atoms with E-state index in [0.29, 0.717) is 39.1 Å². The number of halogens is 1. The van der Waals surface area contributed by atoms with Gasteiger partial charge in [-0.3, -0.25) is 5.10 Å². The van der Waals surface area contributed by atoms with Crippen LogP contribution in [0.4, 0.5) is 32.5 Å². The summed E-state index contributed by atoms with van der Waals surface area (Å²) in [5, 5.41) is 13.5. The number of H-pyrrole nitrogens is 1. The molecule has 2 aliphatic rings. The average molecular weight is 522 g/mol. The summed E-state index contributed by atoms with van der Waals surface area (Å²) in [5.74, 6) is 3.12. The van der Waals surface area contributed by atoms with Gasteiger partial charge in [0.1, 0.15) is 23.6 Å². The summed E-state index contributed by atoms with van der Waals surface area (Å²) in [6, 6.07) is 9.57. The van der Waals surface area contributed by atoms with Crippen molar-refractivity contribution in [1.82, 2.24) is 30.4 Å². The zero-order valence-electron chi connectivity index (χ0n) is 22.4. The summed E-state index contributed by atoms with van der Waals surface area (Å²) in [7, 11) is 0. The van der Waals surface area contributed by atoms with E-state index >= 15 is 0 Å². The lowest BCUT2D eigenvalue weighted by molar-refractivity contribution is 0.168. The number of carbonyl (C=O) groups is 1. The highest BCUT2D eigenvalue weighted by molar-refractivity contribution is 5.75. The van der Waals surface area contributed by atoms with Gasteiger partial charge in [-0.15, -0.1) is 0 Å². The molecule has 0 saturated carbocycles. The van der Waals surface area contributed by atoms with Gasteiger partial charge in [-0.2, -0.15) is 5.10 Å². The van der Waals surface area contributed by atoms with Crippen LogP contribution in [0, 0.1) is 13.8 Å². The van der Waals surface area contributed by atoms with Crippen LogP contribution in [-0.2, 0) is 0 Å². The Morgan fingerprint density at radius 1 is 1.08 bits per heavy atom. The van der Waals surface area contributed by atoms with Gasteiger partial charge >= 0.3 is 6.03 Å². The van der Waals surface area contributed by atoms with E-state index in [1.807, 2.05) is 54.8 Å². The Morgan fingerprint density at radius 2 is 1.89 bits per heavy atom. The van der Waals surface area contributed by atoms with Crippen molar-refractivity contribution in [2.75, 3.05) is 47.8 Å². The Labute approximate surface area is 222 Å². The third kappa shape index (κ3) is 5.81. The van der Waals surface area contributed by atoms with Crippen LogP contribution in [0.5, 0.6) is 0 Å². The number of nitrogens with one attached hydrogen (secondary N) is 3.